The zero-order chi connectivity index (χ0) is 20.1. The van der Waals surface area contributed by atoms with Gasteiger partial charge < -0.3 is 21.4 Å². The van der Waals surface area contributed by atoms with Crippen LogP contribution >= 0.6 is 11.3 Å². The number of benzene rings is 1. The number of thiophene rings is 1. The van der Waals surface area contributed by atoms with Gasteiger partial charge >= 0.3 is 0 Å². The number of hydrogen-bond donors (Lipinski definition) is 4. The maximum Gasteiger partial charge on any atom is 0.272 e. The molecule has 1 aliphatic rings. The Morgan fingerprint density at radius 3 is 2.79 bits per heavy atom. The van der Waals surface area contributed by atoms with Crippen molar-refractivity contribution < 1.29 is 4.79 Å². The number of nitrogens with zero attached hydrogens (tertiary/aromatic N) is 1. The summed E-state index contributed by atoms with van der Waals surface area (Å²) in [6, 6.07) is 11.7. The smallest absolute Gasteiger partial charge is 0.272 e. The van der Waals surface area contributed by atoms with E-state index >= 15 is 0 Å². The predicted molar refractivity (Wildman–Crippen MR) is 115 cm³/mol. The first-order valence-electron chi connectivity index (χ1n) is 8.89. The molecule has 2 heterocycles. The largest absolute Gasteiger partial charge is 0.398 e. The highest BCUT2D eigenvalue weighted by Crippen LogP contribution is 2.32. The molecule has 0 bridgehead atoms. The minimum atomic E-state index is -0.368. The Hall–Kier alpha value is -3.19. The first-order valence-corrected chi connectivity index (χ1v) is 9.77. The highest BCUT2D eigenvalue weighted by molar-refractivity contribution is 7.11. The van der Waals surface area contributed by atoms with Crippen molar-refractivity contribution >= 4 is 34.9 Å². The molecule has 6 nitrogen and oxygen atoms in total. The van der Waals surface area contributed by atoms with Gasteiger partial charge in [-0.05, 0) is 34.2 Å². The maximum absolute atomic E-state index is 12.9. The summed E-state index contributed by atoms with van der Waals surface area (Å²) in [5.74, 6) is -0.488. The van der Waals surface area contributed by atoms with Crippen molar-refractivity contribution in [2.45, 2.75) is 12.5 Å². The second-order valence-corrected chi connectivity index (χ2v) is 7.45. The van der Waals surface area contributed by atoms with Crippen LogP contribution in [0.5, 0.6) is 0 Å². The second kappa shape index (κ2) is 8.67. The molecule has 0 spiro atoms. The molecule has 1 aromatic carbocycles. The zero-order valence-electron chi connectivity index (χ0n) is 15.6. The first-order chi connectivity index (χ1) is 13.5. The summed E-state index contributed by atoms with van der Waals surface area (Å²) < 4.78 is 0. The van der Waals surface area contributed by atoms with Crippen LogP contribution < -0.4 is 11.1 Å². The van der Waals surface area contributed by atoms with Crippen molar-refractivity contribution in [2.24, 2.45) is 5.73 Å². The third kappa shape index (κ3) is 4.04. The summed E-state index contributed by atoms with van der Waals surface area (Å²) in [6.45, 7) is 0.847. The van der Waals surface area contributed by atoms with Crippen molar-refractivity contribution in [3.8, 4) is 0 Å². The van der Waals surface area contributed by atoms with E-state index in [1.54, 1.807) is 18.1 Å². The normalized spacial score (nSPS) is 17.0. The van der Waals surface area contributed by atoms with Crippen LogP contribution in [0.1, 0.15) is 21.9 Å². The van der Waals surface area contributed by atoms with Crippen LogP contribution in [0, 0.1) is 10.8 Å². The van der Waals surface area contributed by atoms with Crippen molar-refractivity contribution in [1.82, 2.24) is 10.2 Å². The standard InChI is InChI=1S/C21H23N5OS/c1-25-11-15(10-22)17-13-26(12-14-5-2-3-6-16(14)17)21(27)19(24)9-18(23)20-7-4-8-28-20/h2-11,17,22,24-25H,12-13,23H2,1H3/b15-11+,18-9-,22-10?,24-19?. The molecule has 3 rings (SSSR count). The Morgan fingerprint density at radius 2 is 2.11 bits per heavy atom. The van der Waals surface area contributed by atoms with Gasteiger partial charge in [-0.15, -0.1) is 11.3 Å². The van der Waals surface area contributed by atoms with Crippen molar-refractivity contribution in [3.63, 3.8) is 0 Å². The van der Waals surface area contributed by atoms with Crippen LogP contribution in [0.2, 0.25) is 0 Å². The topological polar surface area (TPSA) is 106 Å². The van der Waals surface area contributed by atoms with Crippen molar-refractivity contribution in [3.05, 3.63) is 75.6 Å². The Bertz CT molecular complexity index is 945. The van der Waals surface area contributed by atoms with Crippen LogP contribution in [0.4, 0.5) is 0 Å². The summed E-state index contributed by atoms with van der Waals surface area (Å²) >= 11 is 1.47. The van der Waals surface area contributed by atoms with Crippen LogP contribution in [-0.2, 0) is 11.3 Å². The molecule has 1 atom stereocenters. The van der Waals surface area contributed by atoms with E-state index in [0.29, 0.717) is 18.8 Å². The molecule has 0 fully saturated rings. The molecular weight excluding hydrogens is 370 g/mol. The molecule has 1 aliphatic heterocycles. The quantitative estimate of drug-likeness (QED) is 0.567. The molecule has 1 aromatic heterocycles. The van der Waals surface area contributed by atoms with Gasteiger partial charge in [0.2, 0.25) is 0 Å². The lowest BCUT2D eigenvalue weighted by molar-refractivity contribution is -0.125. The minimum Gasteiger partial charge on any atom is -0.398 e. The monoisotopic (exact) mass is 393 g/mol. The van der Waals surface area contributed by atoms with Crippen LogP contribution in [0.15, 0.2) is 59.6 Å². The van der Waals surface area contributed by atoms with Gasteiger partial charge in [0.1, 0.15) is 5.71 Å². The van der Waals surface area contributed by atoms with Crippen LogP contribution in [0.25, 0.3) is 5.70 Å². The lowest BCUT2D eigenvalue weighted by Gasteiger charge is -2.35. The van der Waals surface area contributed by atoms with Gasteiger partial charge in [0, 0.05) is 38.5 Å². The van der Waals surface area contributed by atoms with Gasteiger partial charge in [-0.1, -0.05) is 30.3 Å². The van der Waals surface area contributed by atoms with E-state index < -0.39 is 0 Å². The number of nitrogens with two attached hydrogens (primary N) is 1. The fraction of sp³-hybridized carbons (Fsp3) is 0.190. The fourth-order valence-electron chi connectivity index (χ4n) is 3.36. The summed E-state index contributed by atoms with van der Waals surface area (Å²) in [5, 5.41) is 20.9. The van der Waals surface area contributed by atoms with E-state index in [-0.39, 0.29) is 17.5 Å². The molecule has 2 aromatic rings. The summed E-state index contributed by atoms with van der Waals surface area (Å²) in [7, 11) is 1.79. The van der Waals surface area contributed by atoms with Gasteiger partial charge in [-0.25, -0.2) is 0 Å². The third-order valence-corrected chi connectivity index (χ3v) is 5.62. The van der Waals surface area contributed by atoms with Gasteiger partial charge in [-0.3, -0.25) is 10.2 Å². The molecule has 1 amide bonds. The van der Waals surface area contributed by atoms with E-state index in [2.05, 4.69) is 5.32 Å². The number of rotatable bonds is 6. The van der Waals surface area contributed by atoms with Crippen LogP contribution in [0.3, 0.4) is 0 Å². The number of carbonyl (C=O) groups excluding carboxylic acids is 1. The molecule has 0 saturated heterocycles. The van der Waals surface area contributed by atoms with E-state index in [9.17, 15) is 4.79 Å². The number of amides is 1. The lowest BCUT2D eigenvalue weighted by atomic mass is 9.85. The van der Waals surface area contributed by atoms with Crippen molar-refractivity contribution in [1.29, 1.82) is 10.8 Å². The molecule has 5 N–H and O–H groups in total. The third-order valence-electron chi connectivity index (χ3n) is 4.70. The van der Waals surface area contributed by atoms with E-state index in [0.717, 1.165) is 21.6 Å². The molecule has 1 unspecified atom stereocenters. The van der Waals surface area contributed by atoms with E-state index in [1.807, 2.05) is 41.8 Å². The van der Waals surface area contributed by atoms with E-state index in [1.165, 1.54) is 23.6 Å². The second-order valence-electron chi connectivity index (χ2n) is 6.51. The zero-order valence-corrected chi connectivity index (χ0v) is 16.4. The number of nitrogens with one attached hydrogen (secondary N) is 3. The SMILES string of the molecule is CN/C=C(\C=N)C1CN(C(=O)C(=N)/C=C(\N)c2cccs2)Cc2ccccc21. The lowest BCUT2D eigenvalue weighted by Crippen LogP contribution is -2.42. The average molecular weight is 394 g/mol. The Labute approximate surface area is 168 Å². The Kier molecular flexibility index (Phi) is 6.06. The minimum absolute atomic E-state index is 0.120. The summed E-state index contributed by atoms with van der Waals surface area (Å²) in [6.07, 6.45) is 4.51. The number of hydrogen-bond acceptors (Lipinski definition) is 6. The molecule has 7 heteroatoms. The highest BCUT2D eigenvalue weighted by Gasteiger charge is 2.30. The maximum atomic E-state index is 12.9. The molecule has 0 aliphatic carbocycles. The highest BCUT2D eigenvalue weighted by atomic mass is 32.1. The molecule has 144 valence electrons. The van der Waals surface area contributed by atoms with Gasteiger partial charge in [0.05, 0.1) is 10.6 Å². The average Bonchev–Trinajstić information content (AvgIpc) is 3.25. The summed E-state index contributed by atoms with van der Waals surface area (Å²) in [5.41, 5.74) is 9.23. The van der Waals surface area contributed by atoms with Crippen LogP contribution in [-0.4, -0.2) is 36.3 Å². The van der Waals surface area contributed by atoms with Crippen molar-refractivity contribution in [2.75, 3.05) is 13.6 Å². The molecule has 28 heavy (non-hydrogen) atoms. The van der Waals surface area contributed by atoms with Gasteiger partial charge in [0.25, 0.3) is 5.91 Å². The van der Waals surface area contributed by atoms with E-state index in [4.69, 9.17) is 16.6 Å². The molecular formula is C21H23N5OS. The van der Waals surface area contributed by atoms with Gasteiger partial charge in [-0.2, -0.15) is 0 Å². The predicted octanol–water partition coefficient (Wildman–Crippen LogP) is 2.95. The Morgan fingerprint density at radius 1 is 1.32 bits per heavy atom. The Balaban J connectivity index is 1.87. The molecule has 0 radical (unpaired) electrons. The molecule has 0 saturated carbocycles. The first kappa shape index (κ1) is 19.6. The number of carbonyl (C=O) groups is 1. The van der Waals surface area contributed by atoms with Gasteiger partial charge in [0.15, 0.2) is 0 Å². The summed E-state index contributed by atoms with van der Waals surface area (Å²) in [4.78, 5) is 15.4. The fourth-order valence-corrected chi connectivity index (χ4v) is 4.01. The number of fused-ring (bicyclic) bond motifs is 1.